The predicted octanol–water partition coefficient (Wildman–Crippen LogP) is 2.57. The molecule has 0 bridgehead atoms. The van der Waals surface area contributed by atoms with Crippen LogP contribution in [-0.2, 0) is 14.2 Å². The molecule has 136 valence electrons. The Hall–Kier alpha value is -2.70. The van der Waals surface area contributed by atoms with Gasteiger partial charge in [-0.05, 0) is 30.7 Å². The highest BCUT2D eigenvalue weighted by Gasteiger charge is 2.34. The summed E-state index contributed by atoms with van der Waals surface area (Å²) in [5.41, 5.74) is 0.848. The maximum atomic E-state index is 12.3. The van der Waals surface area contributed by atoms with Gasteiger partial charge in [-0.25, -0.2) is 9.59 Å². The lowest BCUT2D eigenvalue weighted by Gasteiger charge is -2.33. The van der Waals surface area contributed by atoms with Gasteiger partial charge in [0.1, 0.15) is 18.8 Å². The van der Waals surface area contributed by atoms with Crippen LogP contribution in [0, 0.1) is 0 Å². The van der Waals surface area contributed by atoms with E-state index in [9.17, 15) is 14.7 Å². The van der Waals surface area contributed by atoms with Crippen LogP contribution in [0.1, 0.15) is 33.6 Å². The number of esters is 2. The number of carbonyl (C=O) groups excluding carboxylic acids is 2. The number of benzene rings is 2. The van der Waals surface area contributed by atoms with Crippen LogP contribution >= 0.6 is 0 Å². The van der Waals surface area contributed by atoms with Crippen molar-refractivity contribution in [2.24, 2.45) is 0 Å². The first-order valence-corrected chi connectivity index (χ1v) is 8.45. The number of rotatable bonds is 5. The topological polar surface area (TPSA) is 82.1 Å². The van der Waals surface area contributed by atoms with E-state index in [2.05, 4.69) is 0 Å². The van der Waals surface area contributed by atoms with Crippen LogP contribution in [0.4, 0.5) is 0 Å². The summed E-state index contributed by atoms with van der Waals surface area (Å²) in [5.74, 6) is -0.975. The summed E-state index contributed by atoms with van der Waals surface area (Å²) < 4.78 is 16.2. The Morgan fingerprint density at radius 1 is 0.923 bits per heavy atom. The highest BCUT2D eigenvalue weighted by Crippen LogP contribution is 2.23. The molecule has 3 atom stereocenters. The molecule has 0 amide bonds. The van der Waals surface area contributed by atoms with Crippen molar-refractivity contribution in [2.45, 2.75) is 31.3 Å². The largest absolute Gasteiger partial charge is 0.459 e. The van der Waals surface area contributed by atoms with E-state index in [0.29, 0.717) is 24.0 Å². The van der Waals surface area contributed by atoms with Gasteiger partial charge in [0.2, 0.25) is 0 Å². The summed E-state index contributed by atoms with van der Waals surface area (Å²) in [5, 5.41) is 9.73. The summed E-state index contributed by atoms with van der Waals surface area (Å²) in [6, 6.07) is 17.2. The van der Waals surface area contributed by atoms with Crippen LogP contribution in [0.3, 0.4) is 0 Å². The lowest BCUT2D eigenvalue weighted by atomic mass is 10.0. The first-order chi connectivity index (χ1) is 12.6. The third-order valence-corrected chi connectivity index (χ3v) is 4.10. The van der Waals surface area contributed by atoms with Crippen LogP contribution in [0.15, 0.2) is 60.7 Å². The number of carbonyl (C=O) groups is 2. The molecule has 0 unspecified atom stereocenters. The number of aliphatic hydroxyl groups is 1. The Balaban J connectivity index is 1.61. The van der Waals surface area contributed by atoms with E-state index >= 15 is 0 Å². The van der Waals surface area contributed by atoms with E-state index in [0.717, 1.165) is 0 Å². The standard InChI is InChI=1S/C20H20O6/c21-18-12-11-16(26-20(23)15-9-5-2-6-10-15)17(25-18)13-24-19(22)14-7-3-1-4-8-14/h1-10,16-18,21H,11-13H2/t16-,17-,18+/m1/s1. The lowest BCUT2D eigenvalue weighted by molar-refractivity contribution is -0.208. The van der Waals surface area contributed by atoms with Crippen LogP contribution in [0.25, 0.3) is 0 Å². The first kappa shape index (κ1) is 18.1. The molecule has 6 heteroatoms. The molecule has 0 saturated carbocycles. The molecule has 0 aliphatic carbocycles. The highest BCUT2D eigenvalue weighted by molar-refractivity contribution is 5.90. The van der Waals surface area contributed by atoms with Gasteiger partial charge in [-0.1, -0.05) is 36.4 Å². The maximum absolute atomic E-state index is 12.3. The molecule has 1 aliphatic rings. The molecule has 1 heterocycles. The van der Waals surface area contributed by atoms with Gasteiger partial charge in [0.05, 0.1) is 11.1 Å². The molecule has 3 rings (SSSR count). The first-order valence-electron chi connectivity index (χ1n) is 8.45. The summed E-state index contributed by atoms with van der Waals surface area (Å²) >= 11 is 0. The van der Waals surface area contributed by atoms with Gasteiger partial charge < -0.3 is 19.3 Å². The molecule has 0 spiro atoms. The van der Waals surface area contributed by atoms with E-state index in [1.165, 1.54) is 0 Å². The lowest BCUT2D eigenvalue weighted by Crippen LogP contribution is -2.44. The van der Waals surface area contributed by atoms with E-state index in [-0.39, 0.29) is 6.61 Å². The van der Waals surface area contributed by atoms with Gasteiger partial charge >= 0.3 is 11.9 Å². The van der Waals surface area contributed by atoms with E-state index in [1.807, 2.05) is 6.07 Å². The monoisotopic (exact) mass is 356 g/mol. The fourth-order valence-electron chi connectivity index (χ4n) is 2.73. The average molecular weight is 356 g/mol. The van der Waals surface area contributed by atoms with Crippen LogP contribution < -0.4 is 0 Å². The quantitative estimate of drug-likeness (QED) is 0.829. The van der Waals surface area contributed by atoms with Gasteiger partial charge in [0.15, 0.2) is 6.29 Å². The Labute approximate surface area is 151 Å². The van der Waals surface area contributed by atoms with Crippen molar-refractivity contribution in [3.05, 3.63) is 71.8 Å². The van der Waals surface area contributed by atoms with Crippen molar-refractivity contribution < 1.29 is 28.9 Å². The second kappa shape index (κ2) is 8.60. The third-order valence-electron chi connectivity index (χ3n) is 4.10. The zero-order valence-corrected chi connectivity index (χ0v) is 14.1. The molecular formula is C20H20O6. The SMILES string of the molecule is O=C(OC[C@H]1O[C@H](O)CC[C@H]1OC(=O)c1ccccc1)c1ccccc1. The van der Waals surface area contributed by atoms with Gasteiger partial charge in [0.25, 0.3) is 0 Å². The predicted molar refractivity (Wildman–Crippen MR) is 92.5 cm³/mol. The number of hydrogen-bond donors (Lipinski definition) is 1. The summed E-state index contributed by atoms with van der Waals surface area (Å²) in [4.78, 5) is 24.3. The minimum absolute atomic E-state index is 0.114. The molecule has 26 heavy (non-hydrogen) atoms. The normalized spacial score (nSPS) is 22.4. The van der Waals surface area contributed by atoms with Crippen molar-refractivity contribution in [2.75, 3.05) is 6.61 Å². The van der Waals surface area contributed by atoms with E-state index < -0.39 is 30.4 Å². The van der Waals surface area contributed by atoms with Gasteiger partial charge in [-0.3, -0.25) is 0 Å². The molecule has 2 aromatic rings. The number of aliphatic hydroxyl groups excluding tert-OH is 1. The molecule has 1 N–H and O–H groups in total. The van der Waals surface area contributed by atoms with Gasteiger partial charge in [-0.2, -0.15) is 0 Å². The molecule has 6 nitrogen and oxygen atoms in total. The molecule has 1 aliphatic heterocycles. The summed E-state index contributed by atoms with van der Waals surface area (Å²) in [6.45, 7) is -0.114. The van der Waals surface area contributed by atoms with E-state index in [4.69, 9.17) is 14.2 Å². The molecule has 1 saturated heterocycles. The fraction of sp³-hybridized carbons (Fsp3) is 0.300. The van der Waals surface area contributed by atoms with E-state index in [1.54, 1.807) is 54.6 Å². The minimum Gasteiger partial charge on any atom is -0.459 e. The number of hydrogen-bond acceptors (Lipinski definition) is 6. The van der Waals surface area contributed by atoms with Crippen molar-refractivity contribution in [3.8, 4) is 0 Å². The van der Waals surface area contributed by atoms with Crippen molar-refractivity contribution in [3.63, 3.8) is 0 Å². The second-order valence-electron chi connectivity index (χ2n) is 5.98. The maximum Gasteiger partial charge on any atom is 0.338 e. The van der Waals surface area contributed by atoms with Gasteiger partial charge in [-0.15, -0.1) is 0 Å². The minimum atomic E-state index is -0.970. The second-order valence-corrected chi connectivity index (χ2v) is 5.98. The van der Waals surface area contributed by atoms with Crippen molar-refractivity contribution in [1.29, 1.82) is 0 Å². The Bertz CT molecular complexity index is 730. The Morgan fingerprint density at radius 2 is 1.50 bits per heavy atom. The zero-order chi connectivity index (χ0) is 18.4. The fourth-order valence-corrected chi connectivity index (χ4v) is 2.73. The summed E-state index contributed by atoms with van der Waals surface area (Å²) in [6.07, 6.45) is -1.53. The van der Waals surface area contributed by atoms with Crippen molar-refractivity contribution in [1.82, 2.24) is 0 Å². The molecular weight excluding hydrogens is 336 g/mol. The molecule has 0 aromatic heterocycles. The number of ether oxygens (including phenoxy) is 3. The zero-order valence-electron chi connectivity index (χ0n) is 14.1. The van der Waals surface area contributed by atoms with Gasteiger partial charge in [0, 0.05) is 6.42 Å². The van der Waals surface area contributed by atoms with Crippen molar-refractivity contribution >= 4 is 11.9 Å². The smallest absolute Gasteiger partial charge is 0.338 e. The molecule has 2 aromatic carbocycles. The van der Waals surface area contributed by atoms with Crippen LogP contribution in [0.2, 0.25) is 0 Å². The van der Waals surface area contributed by atoms with Crippen LogP contribution in [-0.4, -0.2) is 42.1 Å². The third kappa shape index (κ3) is 4.68. The molecule has 1 fully saturated rings. The molecule has 0 radical (unpaired) electrons. The Kier molecular flexibility index (Phi) is 5.99. The summed E-state index contributed by atoms with van der Waals surface area (Å²) in [7, 11) is 0. The Morgan fingerprint density at radius 3 is 2.12 bits per heavy atom. The van der Waals surface area contributed by atoms with Crippen LogP contribution in [0.5, 0.6) is 0 Å². The highest BCUT2D eigenvalue weighted by atomic mass is 16.6. The average Bonchev–Trinajstić information content (AvgIpc) is 2.69.